The summed E-state index contributed by atoms with van der Waals surface area (Å²) in [6.07, 6.45) is 1.55. The van der Waals surface area contributed by atoms with Crippen LogP contribution in [0.15, 0.2) is 188 Å². The number of ether oxygens (including phenoxy) is 2. The van der Waals surface area contributed by atoms with Crippen LogP contribution in [-0.4, -0.2) is 16.2 Å². The quantitative estimate of drug-likeness (QED) is 0.164. The van der Waals surface area contributed by atoms with Crippen LogP contribution >= 0.6 is 0 Å². The second-order valence-corrected chi connectivity index (χ2v) is 20.1. The highest BCUT2D eigenvalue weighted by molar-refractivity contribution is 6.10. The van der Waals surface area contributed by atoms with Gasteiger partial charge in [-0.25, -0.2) is 4.98 Å². The van der Waals surface area contributed by atoms with Crippen LogP contribution in [0.1, 0.15) is 66.5 Å². The van der Waals surface area contributed by atoms with Crippen LogP contribution in [0, 0.1) is 6.85 Å². The molecule has 8 aromatic carbocycles. The van der Waals surface area contributed by atoms with Crippen LogP contribution in [0.25, 0.3) is 61.0 Å². The van der Waals surface area contributed by atoms with E-state index in [4.69, 9.17) is 18.6 Å². The van der Waals surface area contributed by atoms with E-state index in [0.29, 0.717) is 62.6 Å². The fraction of sp³-hybridized carbons (Fsp3) is 0.159. The molecule has 0 spiro atoms. The maximum absolute atomic E-state index is 9.67. The van der Waals surface area contributed by atoms with Gasteiger partial charge >= 0.3 is 0 Å². The minimum Gasteiger partial charge on any atom is -0.457 e. The highest BCUT2D eigenvalue weighted by Gasteiger charge is 2.33. The Bertz CT molecular complexity index is 3950. The number of rotatable bonds is 1. The van der Waals surface area contributed by atoms with E-state index >= 15 is 0 Å². The maximum Gasteiger partial charge on any atom is 0.137 e. The molecular formula is C63H54N4O2. The molecule has 338 valence electrons. The Hall–Kier alpha value is -8.09. The second-order valence-electron chi connectivity index (χ2n) is 20.1. The summed E-state index contributed by atoms with van der Waals surface area (Å²) in [6, 6.07) is 54.3. The third-order valence-corrected chi connectivity index (χ3v) is 13.4. The van der Waals surface area contributed by atoms with Crippen LogP contribution in [-0.2, 0) is 10.8 Å². The smallest absolute Gasteiger partial charge is 0.137 e. The maximum atomic E-state index is 9.67. The zero-order chi connectivity index (χ0) is 52.3. The molecule has 0 saturated carbocycles. The monoisotopic (exact) mass is 904 g/mol. The minimum atomic E-state index is -2.64. The Morgan fingerprint density at radius 1 is 0.536 bits per heavy atom. The lowest BCUT2D eigenvalue weighted by Crippen LogP contribution is -2.25. The molecule has 0 N–H and O–H groups in total. The lowest BCUT2D eigenvalue weighted by molar-refractivity contribution is 0.483. The number of hydrogen-bond donors (Lipinski definition) is 0. The highest BCUT2D eigenvalue weighted by atomic mass is 16.5. The molecule has 0 saturated heterocycles. The number of fused-ring (bicyclic) bond motifs is 5. The van der Waals surface area contributed by atoms with Gasteiger partial charge in [0, 0.05) is 61.2 Å². The average molecular weight is 905 g/mol. The molecule has 13 rings (SSSR count). The van der Waals surface area contributed by atoms with Crippen molar-refractivity contribution >= 4 is 44.6 Å². The number of benzene rings is 8. The Kier molecular flexibility index (Phi) is 8.36. The molecule has 6 nitrogen and oxygen atoms in total. The predicted octanol–water partition coefficient (Wildman–Crippen LogP) is 17.2. The molecule has 10 bridgehead atoms. The minimum absolute atomic E-state index is 0.0152. The standard InChI is InChI=1S/C63H54N4O2/c1-40-31-60-64-38-54(40)50-23-11-14-26-59(50)69-46-21-15-19-42(32-46)52-35-44(63(5,6)7)34-51(41-17-9-8-10-18-41)61(52)66-39-65(56-24-12-13-25-57(56)66)45-20-16-22-47(36-45)68-48-28-29-49-53-33-43(62(2,3)4)27-30-55(53)67(60)58(49)37-48/h8-38H,39H2,1-7H3/i1D3,27D,30D,33D. The zero-order valence-corrected chi connectivity index (χ0v) is 39.5. The molecule has 6 heteroatoms. The van der Waals surface area contributed by atoms with Crippen molar-refractivity contribution in [3.63, 3.8) is 0 Å². The summed E-state index contributed by atoms with van der Waals surface area (Å²) in [6.45, 7) is 10.4. The molecule has 0 radical (unpaired) electrons. The lowest BCUT2D eigenvalue weighted by Gasteiger charge is -2.30. The van der Waals surface area contributed by atoms with E-state index in [1.165, 1.54) is 5.56 Å². The molecule has 2 aromatic heterocycles. The molecule has 0 atom stereocenters. The molecular weight excluding hydrogens is 845 g/mol. The van der Waals surface area contributed by atoms with Gasteiger partial charge < -0.3 is 19.3 Å². The van der Waals surface area contributed by atoms with Crippen molar-refractivity contribution < 1.29 is 17.7 Å². The zero-order valence-electron chi connectivity index (χ0n) is 45.5. The van der Waals surface area contributed by atoms with Crippen molar-refractivity contribution in [1.29, 1.82) is 0 Å². The summed E-state index contributed by atoms with van der Waals surface area (Å²) in [5.41, 5.74) is 10.6. The fourth-order valence-corrected chi connectivity index (χ4v) is 9.77. The topological polar surface area (TPSA) is 42.8 Å². The number of hydrogen-bond acceptors (Lipinski definition) is 5. The van der Waals surface area contributed by atoms with Gasteiger partial charge in [-0.15, -0.1) is 0 Å². The van der Waals surface area contributed by atoms with Crippen molar-refractivity contribution in [2.24, 2.45) is 0 Å². The van der Waals surface area contributed by atoms with Gasteiger partial charge in [0.25, 0.3) is 0 Å². The third kappa shape index (κ3) is 7.39. The number of anilines is 4. The number of pyridine rings is 1. The molecule has 0 aliphatic carbocycles. The molecule has 69 heavy (non-hydrogen) atoms. The van der Waals surface area contributed by atoms with Gasteiger partial charge in [-0.05, 0) is 130 Å². The second kappa shape index (κ2) is 16.0. The Morgan fingerprint density at radius 2 is 1.22 bits per heavy atom. The van der Waals surface area contributed by atoms with E-state index in [9.17, 15) is 4.11 Å². The van der Waals surface area contributed by atoms with Crippen LogP contribution in [0.5, 0.6) is 23.0 Å². The van der Waals surface area contributed by atoms with Gasteiger partial charge in [-0.2, -0.15) is 0 Å². The fourth-order valence-electron chi connectivity index (χ4n) is 9.77. The predicted molar refractivity (Wildman–Crippen MR) is 286 cm³/mol. The summed E-state index contributed by atoms with van der Waals surface area (Å²) < 4.78 is 71.0. The van der Waals surface area contributed by atoms with Crippen LogP contribution in [0.3, 0.4) is 0 Å². The Labute approximate surface area is 413 Å². The van der Waals surface area contributed by atoms with E-state index in [1.54, 1.807) is 16.8 Å². The first-order chi connectivity index (χ1) is 35.8. The number of para-hydroxylation sites is 3. The molecule has 3 aliphatic heterocycles. The van der Waals surface area contributed by atoms with Gasteiger partial charge in [0.2, 0.25) is 0 Å². The average Bonchev–Trinajstić information content (AvgIpc) is 3.97. The Morgan fingerprint density at radius 3 is 2.00 bits per heavy atom. The first-order valence-electron chi connectivity index (χ1n) is 26.5. The summed E-state index contributed by atoms with van der Waals surface area (Å²) in [5.74, 6) is 2.26. The van der Waals surface area contributed by atoms with Gasteiger partial charge in [0.1, 0.15) is 35.5 Å². The third-order valence-electron chi connectivity index (χ3n) is 13.4. The van der Waals surface area contributed by atoms with Crippen LogP contribution in [0.2, 0.25) is 0 Å². The summed E-state index contributed by atoms with van der Waals surface area (Å²) in [7, 11) is 0. The summed E-state index contributed by atoms with van der Waals surface area (Å²) >= 11 is 0. The van der Waals surface area contributed by atoms with E-state index in [2.05, 4.69) is 109 Å². The molecule has 5 heterocycles. The van der Waals surface area contributed by atoms with E-state index in [-0.39, 0.29) is 40.4 Å². The van der Waals surface area contributed by atoms with Crippen molar-refractivity contribution in [2.45, 2.75) is 59.2 Å². The van der Waals surface area contributed by atoms with Gasteiger partial charge in [0.05, 0.1) is 32.2 Å². The van der Waals surface area contributed by atoms with E-state index in [1.807, 2.05) is 99.6 Å². The largest absolute Gasteiger partial charge is 0.457 e. The summed E-state index contributed by atoms with van der Waals surface area (Å²) in [5, 5.41) is 1.11. The van der Waals surface area contributed by atoms with E-state index < -0.39 is 12.3 Å². The van der Waals surface area contributed by atoms with E-state index in [0.717, 1.165) is 45.0 Å². The normalized spacial score (nSPS) is 14.7. The van der Waals surface area contributed by atoms with Gasteiger partial charge in [0.15, 0.2) is 0 Å². The Balaban J connectivity index is 1.15. The van der Waals surface area contributed by atoms with Crippen molar-refractivity contribution in [3.05, 3.63) is 205 Å². The number of aromatic nitrogens is 2. The van der Waals surface area contributed by atoms with Gasteiger partial charge in [-0.1, -0.05) is 126 Å². The summed E-state index contributed by atoms with van der Waals surface area (Å²) in [4.78, 5) is 9.71. The lowest BCUT2D eigenvalue weighted by atomic mass is 9.82. The first-order valence-corrected chi connectivity index (χ1v) is 23.5. The van der Waals surface area contributed by atoms with Crippen LogP contribution in [0.4, 0.5) is 22.7 Å². The van der Waals surface area contributed by atoms with Crippen molar-refractivity contribution in [1.82, 2.24) is 9.55 Å². The van der Waals surface area contributed by atoms with Crippen molar-refractivity contribution in [2.75, 3.05) is 16.5 Å². The van der Waals surface area contributed by atoms with Gasteiger partial charge in [-0.3, -0.25) is 4.57 Å². The highest BCUT2D eigenvalue weighted by Crippen LogP contribution is 2.52. The first kappa shape index (κ1) is 36.0. The molecule has 10 aromatic rings. The number of nitrogens with zero attached hydrogens (tertiary/aromatic N) is 4. The van der Waals surface area contributed by atoms with Crippen LogP contribution < -0.4 is 19.3 Å². The molecule has 0 amide bonds. The SMILES string of the molecule is [2H]c1c(C(C)(C)C)c([2H])c2c3ccc4cc3n(c2c1[2H])-c1cc(C([2H])([2H])[2H])c(cn1)-c1ccccc1Oc1cccc(c1)-c1cc(C(C)(C)C)cc(-c2ccccc2)c1N1CN(c2cccc(c2)O4)c2ccccc21. The number of aryl methyl sites for hydroxylation is 1. The van der Waals surface area contributed by atoms with Crippen molar-refractivity contribution in [3.8, 4) is 62.2 Å². The molecule has 0 unspecified atom stereocenters. The molecule has 0 fully saturated rings. The molecule has 3 aliphatic rings.